The number of nitrogens with zero attached hydrogens (tertiary/aromatic N) is 1. The fraction of sp³-hybridized carbons (Fsp3) is 0.919. The van der Waals surface area contributed by atoms with E-state index in [1.54, 1.807) is 0 Å². The van der Waals surface area contributed by atoms with Crippen molar-refractivity contribution in [2.24, 2.45) is 22.7 Å². The molecule has 0 N–H and O–H groups in total. The summed E-state index contributed by atoms with van der Waals surface area (Å²) >= 11 is 0. The van der Waals surface area contributed by atoms with Gasteiger partial charge < -0.3 is 4.99 Å². The van der Waals surface area contributed by atoms with Gasteiger partial charge in [-0.2, -0.15) is 0 Å². The van der Waals surface area contributed by atoms with Crippen molar-refractivity contribution in [3.8, 4) is 0 Å². The quantitative estimate of drug-likeness (QED) is 0.0496. The lowest BCUT2D eigenvalue weighted by Crippen LogP contribution is -2.12. The summed E-state index contributed by atoms with van der Waals surface area (Å²) in [6, 6.07) is 0. The fourth-order valence-corrected chi connectivity index (χ4v) is 5.94. The van der Waals surface area contributed by atoms with Crippen LogP contribution in [0.5, 0.6) is 0 Å². The predicted octanol–water partition coefficient (Wildman–Crippen LogP) is 13.3. The molecular formula is C37H73N. The second-order valence-corrected chi connectivity index (χ2v) is 12.7. The van der Waals surface area contributed by atoms with E-state index >= 15 is 0 Å². The average Bonchev–Trinajstić information content (AvgIpc) is 2.91. The predicted molar refractivity (Wildman–Crippen MR) is 177 cm³/mol. The van der Waals surface area contributed by atoms with E-state index < -0.39 is 0 Å². The molecule has 0 aliphatic rings. The number of unbranched alkanes of at least 4 members (excludes halogenated alkanes) is 19. The van der Waals surface area contributed by atoms with Gasteiger partial charge in [-0.15, -0.1) is 0 Å². The van der Waals surface area contributed by atoms with Crippen molar-refractivity contribution in [2.75, 3.05) is 7.05 Å². The van der Waals surface area contributed by atoms with Crippen LogP contribution in [0.3, 0.4) is 0 Å². The zero-order chi connectivity index (χ0) is 27.9. The topological polar surface area (TPSA) is 12.4 Å². The molecule has 0 fully saturated rings. The van der Waals surface area contributed by atoms with E-state index in [9.17, 15) is 0 Å². The van der Waals surface area contributed by atoms with E-state index in [0.29, 0.717) is 5.92 Å². The largest absolute Gasteiger partial charge is 0.301 e. The summed E-state index contributed by atoms with van der Waals surface area (Å²) in [4.78, 5) is 4.34. The lowest BCUT2D eigenvalue weighted by Gasteiger charge is -2.19. The maximum atomic E-state index is 4.34. The van der Waals surface area contributed by atoms with E-state index in [0.717, 1.165) is 11.8 Å². The number of hydrogen-bond donors (Lipinski definition) is 0. The molecule has 0 aromatic heterocycles. The fourth-order valence-electron chi connectivity index (χ4n) is 5.94. The number of rotatable bonds is 30. The molecule has 0 radical (unpaired) electrons. The van der Waals surface area contributed by atoms with Crippen LogP contribution in [0.25, 0.3) is 0 Å². The molecular weight excluding hydrogens is 458 g/mol. The Kier molecular flexibility index (Phi) is 30.5. The van der Waals surface area contributed by atoms with Gasteiger partial charge in [0.15, 0.2) is 0 Å². The molecule has 0 aromatic carbocycles. The zero-order valence-electron chi connectivity index (χ0n) is 27.3. The van der Waals surface area contributed by atoms with Crippen LogP contribution in [-0.4, -0.2) is 13.3 Å². The summed E-state index contributed by atoms with van der Waals surface area (Å²) in [7, 11) is 1.93. The first-order valence-corrected chi connectivity index (χ1v) is 17.7. The smallest absolute Gasteiger partial charge is 0.0273 e. The number of aliphatic imine (C=N–C) groups is 1. The Labute approximate surface area is 242 Å². The number of allylic oxidation sites excluding steroid dienone is 2. The Morgan fingerprint density at radius 3 is 1.39 bits per heavy atom. The first kappa shape index (κ1) is 37.4. The molecule has 0 aromatic rings. The highest BCUT2D eigenvalue weighted by atomic mass is 14.6. The molecule has 226 valence electrons. The Morgan fingerprint density at radius 2 is 0.921 bits per heavy atom. The van der Waals surface area contributed by atoms with Crippen molar-refractivity contribution in [3.05, 3.63) is 12.2 Å². The minimum absolute atomic E-state index is 0.603. The minimum Gasteiger partial charge on any atom is -0.301 e. The second kappa shape index (κ2) is 30.9. The van der Waals surface area contributed by atoms with Gasteiger partial charge in [-0.05, 0) is 43.4 Å². The first-order valence-electron chi connectivity index (χ1n) is 17.7. The van der Waals surface area contributed by atoms with Gasteiger partial charge in [0.1, 0.15) is 0 Å². The molecule has 0 bridgehead atoms. The van der Waals surface area contributed by atoms with Crippen molar-refractivity contribution in [1.82, 2.24) is 0 Å². The molecule has 0 saturated carbocycles. The monoisotopic (exact) mass is 532 g/mol. The molecule has 0 saturated heterocycles. The first-order chi connectivity index (χ1) is 18.7. The van der Waals surface area contributed by atoms with E-state index in [4.69, 9.17) is 0 Å². The molecule has 0 rings (SSSR count). The van der Waals surface area contributed by atoms with Gasteiger partial charge in [0.2, 0.25) is 0 Å². The molecule has 3 unspecified atom stereocenters. The van der Waals surface area contributed by atoms with Crippen LogP contribution in [0.15, 0.2) is 17.1 Å². The van der Waals surface area contributed by atoms with Crippen LogP contribution in [0, 0.1) is 17.8 Å². The molecule has 0 amide bonds. The third-order valence-corrected chi connectivity index (χ3v) is 8.78. The van der Waals surface area contributed by atoms with Gasteiger partial charge in [-0.25, -0.2) is 0 Å². The molecule has 1 heteroatoms. The van der Waals surface area contributed by atoms with Gasteiger partial charge in [0.05, 0.1) is 0 Å². The van der Waals surface area contributed by atoms with Crippen LogP contribution in [-0.2, 0) is 0 Å². The number of hydrogen-bond acceptors (Lipinski definition) is 1. The van der Waals surface area contributed by atoms with Gasteiger partial charge in [-0.3, -0.25) is 0 Å². The minimum atomic E-state index is 0.603. The summed E-state index contributed by atoms with van der Waals surface area (Å²) in [5.41, 5.74) is 0. The van der Waals surface area contributed by atoms with Crippen LogP contribution >= 0.6 is 0 Å². The molecule has 1 nitrogen and oxygen atoms in total. The van der Waals surface area contributed by atoms with Crippen molar-refractivity contribution in [1.29, 1.82) is 0 Å². The highest BCUT2D eigenvalue weighted by Crippen LogP contribution is 2.24. The third kappa shape index (κ3) is 27.0. The van der Waals surface area contributed by atoms with Crippen molar-refractivity contribution < 1.29 is 0 Å². The molecule has 3 atom stereocenters. The third-order valence-electron chi connectivity index (χ3n) is 8.78. The molecule has 0 aliphatic heterocycles. The molecule has 0 aliphatic carbocycles. The van der Waals surface area contributed by atoms with Crippen LogP contribution in [0.2, 0.25) is 0 Å². The van der Waals surface area contributed by atoms with Crippen molar-refractivity contribution in [2.45, 2.75) is 195 Å². The molecule has 38 heavy (non-hydrogen) atoms. The summed E-state index contributed by atoms with van der Waals surface area (Å²) in [6.45, 7) is 9.47. The molecule has 0 heterocycles. The van der Waals surface area contributed by atoms with Gasteiger partial charge in [0, 0.05) is 13.3 Å². The van der Waals surface area contributed by atoms with Gasteiger partial charge >= 0.3 is 0 Å². The SMILES string of the molecule is CCCCCCCCC/C=C\CC(CCCCCCCCC(C)CCCCCCCCCC)C(C)/C=N\C. The lowest BCUT2D eigenvalue weighted by molar-refractivity contribution is 0.394. The summed E-state index contributed by atoms with van der Waals surface area (Å²) in [5, 5.41) is 0. The van der Waals surface area contributed by atoms with E-state index in [2.05, 4.69) is 51.1 Å². The van der Waals surface area contributed by atoms with E-state index in [1.165, 1.54) is 167 Å². The Bertz CT molecular complexity index is 493. The Morgan fingerprint density at radius 1 is 0.500 bits per heavy atom. The van der Waals surface area contributed by atoms with Crippen LogP contribution in [0.4, 0.5) is 0 Å². The maximum Gasteiger partial charge on any atom is 0.0273 e. The van der Waals surface area contributed by atoms with E-state index in [1.807, 2.05) is 7.05 Å². The summed E-state index contributed by atoms with van der Waals surface area (Å²) in [5.74, 6) is 2.31. The highest BCUT2D eigenvalue weighted by molar-refractivity contribution is 5.60. The summed E-state index contributed by atoms with van der Waals surface area (Å²) in [6.07, 6.45) is 44.0. The van der Waals surface area contributed by atoms with E-state index in [-0.39, 0.29) is 0 Å². The normalized spacial score (nSPS) is 14.6. The lowest BCUT2D eigenvalue weighted by atomic mass is 9.86. The van der Waals surface area contributed by atoms with Gasteiger partial charge in [0.25, 0.3) is 0 Å². The Balaban J connectivity index is 3.76. The second-order valence-electron chi connectivity index (χ2n) is 12.7. The van der Waals surface area contributed by atoms with Crippen LogP contribution in [0.1, 0.15) is 195 Å². The zero-order valence-corrected chi connectivity index (χ0v) is 27.3. The van der Waals surface area contributed by atoms with Gasteiger partial charge in [-0.1, -0.05) is 181 Å². The average molecular weight is 532 g/mol. The van der Waals surface area contributed by atoms with Crippen molar-refractivity contribution >= 4 is 6.21 Å². The maximum absolute atomic E-state index is 4.34. The Hall–Kier alpha value is -0.590. The van der Waals surface area contributed by atoms with Crippen LogP contribution < -0.4 is 0 Å². The van der Waals surface area contributed by atoms with Crippen molar-refractivity contribution in [3.63, 3.8) is 0 Å². The summed E-state index contributed by atoms with van der Waals surface area (Å²) < 4.78 is 0. The standard InChI is InChI=1S/C37H73N/c1-6-8-10-12-14-16-17-19-24-28-32-37(36(4)34-38-5)33-29-25-21-20-23-27-31-35(3)30-26-22-18-15-13-11-9-7-2/h24,28,34-37H,6-23,25-27,29-33H2,1-5H3/b28-24-,38-34-. The highest BCUT2D eigenvalue weighted by Gasteiger charge is 2.13. The molecule has 0 spiro atoms.